The lowest BCUT2D eigenvalue weighted by atomic mass is 10.1. The minimum absolute atomic E-state index is 0.166. The molecule has 0 unspecified atom stereocenters. The largest absolute Gasteiger partial charge is 0.495 e. The van der Waals surface area contributed by atoms with E-state index in [4.69, 9.17) is 9.47 Å². The third-order valence-electron chi connectivity index (χ3n) is 5.16. The number of nitrogens with one attached hydrogen (secondary N) is 3. The van der Waals surface area contributed by atoms with Crippen LogP contribution in [0.2, 0.25) is 0 Å². The Kier molecular flexibility index (Phi) is 6.48. The van der Waals surface area contributed by atoms with Crippen molar-refractivity contribution < 1.29 is 14.3 Å². The van der Waals surface area contributed by atoms with Gasteiger partial charge in [0.1, 0.15) is 16.6 Å². The molecule has 0 aliphatic carbocycles. The molecule has 2 aromatic rings. The Bertz CT molecular complexity index is 831. The summed E-state index contributed by atoms with van der Waals surface area (Å²) in [6.07, 6.45) is 2.08. The predicted octanol–water partition coefficient (Wildman–Crippen LogP) is 2.53. The zero-order valence-electron chi connectivity index (χ0n) is 16.6. The summed E-state index contributed by atoms with van der Waals surface area (Å²) >= 11 is 1.50. The van der Waals surface area contributed by atoms with E-state index in [1.807, 2.05) is 17.5 Å². The Labute approximate surface area is 174 Å². The van der Waals surface area contributed by atoms with Crippen LogP contribution in [0.5, 0.6) is 5.75 Å². The number of methoxy groups -OCH3 is 1. The first kappa shape index (κ1) is 19.9. The van der Waals surface area contributed by atoms with E-state index in [0.29, 0.717) is 5.82 Å². The van der Waals surface area contributed by atoms with E-state index in [2.05, 4.69) is 31.9 Å². The van der Waals surface area contributed by atoms with Crippen molar-refractivity contribution in [2.24, 2.45) is 0 Å². The molecule has 2 fully saturated rings. The van der Waals surface area contributed by atoms with Crippen molar-refractivity contribution in [2.75, 3.05) is 56.7 Å². The number of anilines is 2. The summed E-state index contributed by atoms with van der Waals surface area (Å²) in [6, 6.07) is 6.07. The predicted molar refractivity (Wildman–Crippen MR) is 115 cm³/mol. The minimum Gasteiger partial charge on any atom is -0.495 e. The van der Waals surface area contributed by atoms with E-state index in [9.17, 15) is 4.79 Å². The fourth-order valence-corrected chi connectivity index (χ4v) is 4.40. The molecule has 3 N–H and O–H groups in total. The number of rotatable bonds is 5. The quantitative estimate of drug-likeness (QED) is 0.693. The smallest absolute Gasteiger partial charge is 0.320 e. The fraction of sp³-hybridized carbons (Fsp3) is 0.500. The summed E-state index contributed by atoms with van der Waals surface area (Å²) in [6.45, 7) is 4.99. The summed E-state index contributed by atoms with van der Waals surface area (Å²) in [7, 11) is 1.68. The van der Waals surface area contributed by atoms with E-state index in [0.717, 1.165) is 74.2 Å². The van der Waals surface area contributed by atoms with Gasteiger partial charge in [-0.25, -0.2) is 9.78 Å². The highest BCUT2D eigenvalue weighted by Crippen LogP contribution is 2.35. The summed E-state index contributed by atoms with van der Waals surface area (Å²) in [4.78, 5) is 19.1. The maximum atomic E-state index is 12.2. The number of urea groups is 1. The molecular weight excluding hydrogens is 390 g/mol. The molecule has 0 saturated carbocycles. The summed E-state index contributed by atoms with van der Waals surface area (Å²) in [5, 5.41) is 11.8. The molecule has 1 aromatic heterocycles. The molecule has 8 nitrogen and oxygen atoms in total. The number of carbonyl (C=O) groups is 1. The van der Waals surface area contributed by atoms with Crippen LogP contribution in [0.3, 0.4) is 0 Å². The second-order valence-electron chi connectivity index (χ2n) is 7.17. The number of nitrogens with zero attached hydrogens (tertiary/aromatic N) is 2. The minimum atomic E-state index is -0.212. The maximum Gasteiger partial charge on any atom is 0.320 e. The number of morpholine rings is 1. The van der Waals surface area contributed by atoms with Gasteiger partial charge in [-0.05, 0) is 37.6 Å². The summed E-state index contributed by atoms with van der Waals surface area (Å²) < 4.78 is 11.1. The Morgan fingerprint density at radius 3 is 3.00 bits per heavy atom. The normalized spacial score (nSPS) is 19.6. The number of hydrogen-bond acceptors (Lipinski definition) is 7. The van der Waals surface area contributed by atoms with E-state index in [1.54, 1.807) is 7.11 Å². The fourth-order valence-electron chi connectivity index (χ4n) is 3.65. The number of piperidine rings is 1. The van der Waals surface area contributed by atoms with Gasteiger partial charge >= 0.3 is 6.03 Å². The summed E-state index contributed by atoms with van der Waals surface area (Å²) in [5.41, 5.74) is 2.03. The first-order chi connectivity index (χ1) is 14.2. The number of ether oxygens (including phenoxy) is 2. The average Bonchev–Trinajstić information content (AvgIpc) is 3.23. The molecule has 29 heavy (non-hydrogen) atoms. The molecule has 1 aromatic carbocycles. The molecule has 0 bridgehead atoms. The third kappa shape index (κ3) is 4.98. The molecule has 2 aliphatic heterocycles. The molecule has 156 valence electrons. The van der Waals surface area contributed by atoms with Crippen molar-refractivity contribution in [2.45, 2.75) is 18.9 Å². The van der Waals surface area contributed by atoms with Gasteiger partial charge < -0.3 is 25.0 Å². The second-order valence-corrected chi connectivity index (χ2v) is 8.02. The van der Waals surface area contributed by atoms with Crippen LogP contribution in [0.15, 0.2) is 23.6 Å². The Balaban J connectivity index is 1.42. The molecule has 3 heterocycles. The molecular formula is C20H27N5O3S. The number of benzene rings is 1. The van der Waals surface area contributed by atoms with E-state index in [1.165, 1.54) is 11.3 Å². The molecule has 4 rings (SSSR count). The van der Waals surface area contributed by atoms with Crippen LogP contribution in [-0.4, -0.2) is 63.6 Å². The monoisotopic (exact) mass is 417 g/mol. The van der Waals surface area contributed by atoms with Crippen LogP contribution in [0.4, 0.5) is 16.3 Å². The first-order valence-corrected chi connectivity index (χ1v) is 10.9. The zero-order chi connectivity index (χ0) is 20.1. The average molecular weight is 418 g/mol. The van der Waals surface area contributed by atoms with Crippen molar-refractivity contribution in [3.8, 4) is 16.3 Å². The lowest BCUT2D eigenvalue weighted by Gasteiger charge is -2.30. The van der Waals surface area contributed by atoms with Gasteiger partial charge in [-0.15, -0.1) is 11.3 Å². The van der Waals surface area contributed by atoms with E-state index >= 15 is 0 Å². The summed E-state index contributed by atoms with van der Waals surface area (Å²) in [5.74, 6) is 1.37. The van der Waals surface area contributed by atoms with Crippen molar-refractivity contribution >= 4 is 28.9 Å². The Hall–Kier alpha value is -2.36. The lowest BCUT2D eigenvalue weighted by Crippen LogP contribution is -2.47. The highest BCUT2D eigenvalue weighted by atomic mass is 32.1. The SMILES string of the molecule is COc1cc(-c2nc(NC(=O)N[C@H]3CCCNC3)cs2)ccc1N1CCOCC1. The highest BCUT2D eigenvalue weighted by molar-refractivity contribution is 7.13. The number of carbonyl (C=O) groups excluding carboxylic acids is 1. The molecule has 0 spiro atoms. The van der Waals surface area contributed by atoms with Crippen molar-refractivity contribution in [3.63, 3.8) is 0 Å². The van der Waals surface area contributed by atoms with Crippen molar-refractivity contribution in [3.05, 3.63) is 23.6 Å². The molecule has 9 heteroatoms. The number of hydrogen-bond donors (Lipinski definition) is 3. The van der Waals surface area contributed by atoms with Crippen LogP contribution in [-0.2, 0) is 4.74 Å². The second kappa shape index (κ2) is 9.43. The topological polar surface area (TPSA) is 87.8 Å². The van der Waals surface area contributed by atoms with Crippen LogP contribution in [0.25, 0.3) is 10.6 Å². The molecule has 2 saturated heterocycles. The zero-order valence-corrected chi connectivity index (χ0v) is 17.4. The van der Waals surface area contributed by atoms with Crippen LogP contribution in [0, 0.1) is 0 Å². The highest BCUT2D eigenvalue weighted by Gasteiger charge is 2.18. The van der Waals surface area contributed by atoms with Crippen molar-refractivity contribution in [1.82, 2.24) is 15.6 Å². The first-order valence-electron chi connectivity index (χ1n) is 9.98. The van der Waals surface area contributed by atoms with Gasteiger partial charge in [0.15, 0.2) is 0 Å². The van der Waals surface area contributed by atoms with Gasteiger partial charge in [-0.3, -0.25) is 5.32 Å². The standard InChI is InChI=1S/C20H27N5O3S/c1-27-17-11-14(4-5-16(17)25-7-9-28-10-8-25)19-23-18(13-29-19)24-20(26)22-15-3-2-6-21-12-15/h4-5,11,13,15,21H,2-3,6-10,12H2,1H3,(H2,22,24,26)/t15-/m0/s1. The number of aromatic nitrogens is 1. The maximum absolute atomic E-state index is 12.2. The van der Waals surface area contributed by atoms with Gasteiger partial charge in [0, 0.05) is 36.6 Å². The van der Waals surface area contributed by atoms with Crippen LogP contribution < -0.4 is 25.6 Å². The lowest BCUT2D eigenvalue weighted by molar-refractivity contribution is 0.122. The van der Waals surface area contributed by atoms with Gasteiger partial charge in [-0.1, -0.05) is 0 Å². The molecule has 0 radical (unpaired) electrons. The Morgan fingerprint density at radius 1 is 1.38 bits per heavy atom. The number of thiazole rings is 1. The third-order valence-corrected chi connectivity index (χ3v) is 6.05. The van der Waals surface area contributed by atoms with Crippen LogP contribution >= 0.6 is 11.3 Å². The number of amides is 2. The van der Waals surface area contributed by atoms with Gasteiger partial charge in [0.05, 0.1) is 26.0 Å². The van der Waals surface area contributed by atoms with Crippen molar-refractivity contribution in [1.29, 1.82) is 0 Å². The molecule has 2 aliphatic rings. The van der Waals surface area contributed by atoms with Gasteiger partial charge in [-0.2, -0.15) is 0 Å². The Morgan fingerprint density at radius 2 is 2.24 bits per heavy atom. The molecule has 2 amide bonds. The van der Waals surface area contributed by atoms with Gasteiger partial charge in [0.25, 0.3) is 0 Å². The van der Waals surface area contributed by atoms with E-state index < -0.39 is 0 Å². The van der Waals surface area contributed by atoms with E-state index in [-0.39, 0.29) is 12.1 Å². The van der Waals surface area contributed by atoms with Gasteiger partial charge in [0.2, 0.25) is 0 Å². The molecule has 1 atom stereocenters. The van der Waals surface area contributed by atoms with Crippen LogP contribution in [0.1, 0.15) is 12.8 Å².